The maximum atomic E-state index is 14.0. The molecule has 0 bridgehead atoms. The van der Waals surface area contributed by atoms with E-state index in [0.717, 1.165) is 28.3 Å². The average Bonchev–Trinajstić information content (AvgIpc) is 3.24. The number of nitrogens with two attached hydrogens (primary N) is 1. The summed E-state index contributed by atoms with van der Waals surface area (Å²) < 4.78 is 5.30. The highest BCUT2D eigenvalue weighted by atomic mass is 16.2. The number of hydrazine groups is 1. The fraction of sp³-hybridized carbons (Fsp3) is 0.138. The molecule has 0 atom stereocenters. The standard InChI is InChI=1S/C29H27N5O2/c1-19-25(28(35)33(31(19)3)23-11-7-5-8-12-23)27(21-15-17-22(30)18-16-21)26-20(2)32(4)34(29(26)36)24-13-9-6-10-14-24/h5-18,30H,1-4H3/p+1. The van der Waals surface area contributed by atoms with Crippen molar-refractivity contribution in [3.63, 3.8) is 0 Å². The zero-order valence-corrected chi connectivity index (χ0v) is 20.8. The summed E-state index contributed by atoms with van der Waals surface area (Å²) in [7, 11) is 3.71. The Morgan fingerprint density at radius 2 is 1.36 bits per heavy atom. The molecule has 1 amide bonds. The van der Waals surface area contributed by atoms with Crippen LogP contribution in [0.1, 0.15) is 23.7 Å². The van der Waals surface area contributed by atoms with E-state index in [2.05, 4.69) is 0 Å². The van der Waals surface area contributed by atoms with Gasteiger partial charge in [0, 0.05) is 30.9 Å². The van der Waals surface area contributed by atoms with Gasteiger partial charge >= 0.3 is 5.91 Å². The minimum Gasteiger partial charge on any atom is -0.399 e. The van der Waals surface area contributed by atoms with Gasteiger partial charge < -0.3 is 5.73 Å². The second-order valence-electron chi connectivity index (χ2n) is 8.87. The number of hydrogen-bond acceptors (Lipinski definition) is 3. The van der Waals surface area contributed by atoms with E-state index < -0.39 is 0 Å². The zero-order chi connectivity index (χ0) is 25.6. The van der Waals surface area contributed by atoms with Gasteiger partial charge in [-0.3, -0.25) is 14.3 Å². The molecule has 0 radical (unpaired) electrons. The van der Waals surface area contributed by atoms with Gasteiger partial charge in [-0.15, -0.1) is 4.68 Å². The van der Waals surface area contributed by atoms with E-state index in [1.807, 2.05) is 110 Å². The van der Waals surface area contributed by atoms with Gasteiger partial charge in [-0.05, 0) is 48.9 Å². The lowest BCUT2D eigenvalue weighted by Crippen LogP contribution is -2.33. The summed E-state index contributed by atoms with van der Waals surface area (Å²) in [5.74, 6) is -0.193. The van der Waals surface area contributed by atoms with Crippen LogP contribution in [0.15, 0.2) is 95.3 Å². The number of anilines is 2. The van der Waals surface area contributed by atoms with Crippen molar-refractivity contribution < 1.29 is 9.48 Å². The predicted molar refractivity (Wildman–Crippen MR) is 143 cm³/mol. The second-order valence-corrected chi connectivity index (χ2v) is 8.87. The molecule has 1 aliphatic rings. The number of carbonyl (C=O) groups is 1. The SMILES string of the molecule is CC1=[N+](C)N(c2ccccc2)C(=O)C1=C(c1ccc(N)cc1)c1c(C)n(C)n(-c2ccccc2)c1=O. The Morgan fingerprint density at radius 3 is 1.94 bits per heavy atom. The summed E-state index contributed by atoms with van der Waals surface area (Å²) in [6.07, 6.45) is 0. The van der Waals surface area contributed by atoms with Gasteiger partial charge in [0.2, 0.25) is 5.71 Å². The largest absolute Gasteiger partial charge is 0.399 e. The van der Waals surface area contributed by atoms with Crippen LogP contribution < -0.4 is 16.3 Å². The van der Waals surface area contributed by atoms with Crippen LogP contribution in [-0.4, -0.2) is 32.7 Å². The number of hydrazone groups is 1. The minimum atomic E-state index is -0.193. The smallest absolute Gasteiger partial charge is 0.320 e. The topological polar surface area (TPSA) is 76.3 Å². The highest BCUT2D eigenvalue weighted by Crippen LogP contribution is 2.34. The first-order chi connectivity index (χ1) is 17.3. The summed E-state index contributed by atoms with van der Waals surface area (Å²) in [4.78, 5) is 28.1. The van der Waals surface area contributed by atoms with Crippen LogP contribution in [0.5, 0.6) is 0 Å². The number of benzene rings is 3. The molecule has 0 spiro atoms. The average molecular weight is 479 g/mol. The minimum absolute atomic E-state index is 0.193. The lowest BCUT2D eigenvalue weighted by molar-refractivity contribution is -0.495. The van der Waals surface area contributed by atoms with Crippen LogP contribution in [0.25, 0.3) is 11.3 Å². The lowest BCUT2D eigenvalue weighted by Gasteiger charge is -2.12. The molecule has 4 aromatic rings. The quantitative estimate of drug-likeness (QED) is 0.274. The number of aromatic nitrogens is 2. The van der Waals surface area contributed by atoms with Crippen LogP contribution in [-0.2, 0) is 11.8 Å². The fourth-order valence-corrected chi connectivity index (χ4v) is 4.78. The first-order valence-corrected chi connectivity index (χ1v) is 11.7. The van der Waals surface area contributed by atoms with E-state index in [9.17, 15) is 9.59 Å². The molecule has 3 aromatic carbocycles. The number of para-hydroxylation sites is 2. The van der Waals surface area contributed by atoms with Crippen LogP contribution >= 0.6 is 0 Å². The molecule has 7 heteroatoms. The predicted octanol–water partition coefficient (Wildman–Crippen LogP) is 3.93. The summed E-state index contributed by atoms with van der Waals surface area (Å²) in [5.41, 5.74) is 11.7. The maximum Gasteiger partial charge on any atom is 0.320 e. The summed E-state index contributed by atoms with van der Waals surface area (Å²) in [5, 5.41) is 1.63. The van der Waals surface area contributed by atoms with E-state index in [-0.39, 0.29) is 11.5 Å². The molecule has 1 aromatic heterocycles. The van der Waals surface area contributed by atoms with Gasteiger partial charge in [-0.25, -0.2) is 4.68 Å². The van der Waals surface area contributed by atoms with Crippen LogP contribution in [0.3, 0.4) is 0 Å². The van der Waals surface area contributed by atoms with Gasteiger partial charge in [-0.1, -0.05) is 53.5 Å². The van der Waals surface area contributed by atoms with E-state index in [1.165, 1.54) is 0 Å². The molecule has 0 fully saturated rings. The van der Waals surface area contributed by atoms with Crippen molar-refractivity contribution in [1.82, 2.24) is 9.36 Å². The lowest BCUT2D eigenvalue weighted by atomic mass is 9.91. The monoisotopic (exact) mass is 478 g/mol. The van der Waals surface area contributed by atoms with Gasteiger partial charge in [-0.2, -0.15) is 0 Å². The molecule has 7 nitrogen and oxygen atoms in total. The molecule has 2 heterocycles. The summed E-state index contributed by atoms with van der Waals surface area (Å²) >= 11 is 0. The molecule has 2 N–H and O–H groups in total. The zero-order valence-electron chi connectivity index (χ0n) is 20.8. The molecule has 0 aliphatic carbocycles. The van der Waals surface area contributed by atoms with E-state index in [1.54, 1.807) is 21.8 Å². The van der Waals surface area contributed by atoms with Crippen molar-refractivity contribution >= 4 is 28.6 Å². The molecular weight excluding hydrogens is 450 g/mol. The Hall–Kier alpha value is -4.65. The molecule has 5 rings (SSSR count). The Bertz CT molecular complexity index is 1590. The van der Waals surface area contributed by atoms with Gasteiger partial charge in [0.15, 0.2) is 7.05 Å². The fourth-order valence-electron chi connectivity index (χ4n) is 4.78. The Labute approximate surface area is 209 Å². The number of nitrogen functional groups attached to an aromatic ring is 1. The number of nitrogens with zero attached hydrogens (tertiary/aromatic N) is 4. The summed E-state index contributed by atoms with van der Waals surface area (Å²) in [6, 6.07) is 26.3. The summed E-state index contributed by atoms with van der Waals surface area (Å²) in [6.45, 7) is 3.81. The van der Waals surface area contributed by atoms with E-state index in [4.69, 9.17) is 5.73 Å². The van der Waals surface area contributed by atoms with Crippen LogP contribution in [0.2, 0.25) is 0 Å². The Morgan fingerprint density at radius 1 is 0.806 bits per heavy atom. The number of carbonyl (C=O) groups excluding carboxylic acids is 1. The maximum absolute atomic E-state index is 14.0. The number of amides is 1. The van der Waals surface area contributed by atoms with Crippen molar-refractivity contribution in [2.24, 2.45) is 7.05 Å². The van der Waals surface area contributed by atoms with Crippen LogP contribution in [0, 0.1) is 6.92 Å². The van der Waals surface area contributed by atoms with Crippen molar-refractivity contribution in [3.05, 3.63) is 118 Å². The normalized spacial score (nSPS) is 15.1. The molecular formula is C29H28N5O2+. The van der Waals surface area contributed by atoms with Gasteiger partial charge in [0.25, 0.3) is 5.56 Å². The molecule has 180 valence electrons. The second kappa shape index (κ2) is 8.85. The molecule has 0 saturated heterocycles. The molecule has 0 saturated carbocycles. The van der Waals surface area contributed by atoms with Gasteiger partial charge in [0.05, 0.1) is 11.3 Å². The molecule has 36 heavy (non-hydrogen) atoms. The van der Waals surface area contributed by atoms with Crippen molar-refractivity contribution in [2.75, 3.05) is 17.8 Å². The number of rotatable bonds is 4. The van der Waals surface area contributed by atoms with E-state index >= 15 is 0 Å². The first kappa shape index (κ1) is 23.1. The molecule has 1 aliphatic heterocycles. The third-order valence-corrected chi connectivity index (χ3v) is 6.81. The Kier molecular flexibility index (Phi) is 5.68. The number of hydrogen-bond donors (Lipinski definition) is 1. The third kappa shape index (κ3) is 3.56. The highest BCUT2D eigenvalue weighted by molar-refractivity contribution is 6.31. The van der Waals surface area contributed by atoms with Gasteiger partial charge in [0.1, 0.15) is 11.3 Å². The van der Waals surface area contributed by atoms with Crippen molar-refractivity contribution in [1.29, 1.82) is 0 Å². The third-order valence-electron chi connectivity index (χ3n) is 6.81. The molecule has 0 unspecified atom stereocenters. The van der Waals surface area contributed by atoms with Crippen molar-refractivity contribution in [2.45, 2.75) is 13.8 Å². The van der Waals surface area contributed by atoms with E-state index in [0.29, 0.717) is 22.4 Å². The highest BCUT2D eigenvalue weighted by Gasteiger charge is 2.43. The Balaban J connectivity index is 1.84. The first-order valence-electron chi connectivity index (χ1n) is 11.7. The van der Waals surface area contributed by atoms with Crippen LogP contribution in [0.4, 0.5) is 11.4 Å². The van der Waals surface area contributed by atoms with Crippen molar-refractivity contribution in [3.8, 4) is 5.69 Å².